The molecule has 7 heteroatoms. The Bertz CT molecular complexity index is 629. The van der Waals surface area contributed by atoms with Crippen molar-refractivity contribution < 1.29 is 18.0 Å². The van der Waals surface area contributed by atoms with E-state index in [1.807, 2.05) is 0 Å². The van der Waals surface area contributed by atoms with Crippen LogP contribution in [0.1, 0.15) is 15.9 Å². The maximum Gasteiger partial charge on any atom is 0.417 e. The second kappa shape index (κ2) is 5.85. The summed E-state index contributed by atoms with van der Waals surface area (Å²) in [5.74, 6) is 0. The molecule has 0 atom stereocenters. The Morgan fingerprint density at radius 3 is 2.50 bits per heavy atom. The minimum atomic E-state index is -4.42. The number of hydrogen-bond donors (Lipinski definition) is 0. The molecule has 1 aromatic carbocycles. The van der Waals surface area contributed by atoms with E-state index in [0.29, 0.717) is 26.8 Å². The van der Waals surface area contributed by atoms with Crippen molar-refractivity contribution in [1.29, 1.82) is 0 Å². The van der Waals surface area contributed by atoms with Crippen molar-refractivity contribution in [3.05, 3.63) is 52.7 Å². The lowest BCUT2D eigenvalue weighted by molar-refractivity contribution is -0.137. The Morgan fingerprint density at radius 2 is 1.95 bits per heavy atom. The average molecular weight is 318 g/mol. The molecule has 1 heterocycles. The highest BCUT2D eigenvalue weighted by Crippen LogP contribution is 2.35. The van der Waals surface area contributed by atoms with Crippen LogP contribution in [-0.4, -0.2) is 11.3 Å². The summed E-state index contributed by atoms with van der Waals surface area (Å²) in [7, 11) is 0. The number of pyridine rings is 1. The largest absolute Gasteiger partial charge is 0.417 e. The quantitative estimate of drug-likeness (QED) is 0.767. The molecule has 0 saturated heterocycles. The zero-order valence-corrected chi connectivity index (χ0v) is 11.4. The zero-order valence-electron chi connectivity index (χ0n) is 9.82. The standard InChI is InChI=1S/C13H7ClF3NOS/c14-10-3-1-2-8(7-19)12(10)20-11-5-4-9(6-18-11)13(15,16)17/h1-7H. The number of carbonyl (C=O) groups excluding carboxylic acids is 1. The number of halogens is 4. The molecule has 2 aromatic rings. The first-order valence-corrected chi connectivity index (χ1v) is 6.56. The molecule has 0 aliphatic rings. The predicted octanol–water partition coefficient (Wildman–Crippen LogP) is 4.72. The molecule has 0 amide bonds. The first-order valence-electron chi connectivity index (χ1n) is 5.36. The van der Waals surface area contributed by atoms with Gasteiger partial charge in [-0.15, -0.1) is 0 Å². The smallest absolute Gasteiger partial charge is 0.298 e. The van der Waals surface area contributed by atoms with Gasteiger partial charge in [-0.05, 0) is 18.2 Å². The van der Waals surface area contributed by atoms with Gasteiger partial charge in [0.05, 0.1) is 10.6 Å². The summed E-state index contributed by atoms with van der Waals surface area (Å²) in [5.41, 5.74) is -0.458. The van der Waals surface area contributed by atoms with Gasteiger partial charge in [-0.1, -0.05) is 35.5 Å². The van der Waals surface area contributed by atoms with Gasteiger partial charge in [-0.2, -0.15) is 13.2 Å². The minimum absolute atomic E-state index is 0.328. The predicted molar refractivity (Wildman–Crippen MR) is 70.2 cm³/mol. The number of hydrogen-bond acceptors (Lipinski definition) is 3. The minimum Gasteiger partial charge on any atom is -0.298 e. The van der Waals surface area contributed by atoms with Crippen molar-refractivity contribution in [2.75, 3.05) is 0 Å². The van der Waals surface area contributed by atoms with Crippen molar-refractivity contribution in [2.45, 2.75) is 16.1 Å². The highest BCUT2D eigenvalue weighted by Gasteiger charge is 2.30. The first kappa shape index (κ1) is 14.9. The van der Waals surface area contributed by atoms with E-state index in [2.05, 4.69) is 4.98 Å². The maximum atomic E-state index is 12.4. The molecule has 0 aliphatic heterocycles. The van der Waals surface area contributed by atoms with Crippen LogP contribution < -0.4 is 0 Å². The fraction of sp³-hybridized carbons (Fsp3) is 0.0769. The number of aromatic nitrogens is 1. The normalized spacial score (nSPS) is 11.4. The van der Waals surface area contributed by atoms with Gasteiger partial charge in [-0.3, -0.25) is 4.79 Å². The Balaban J connectivity index is 2.29. The molecule has 2 rings (SSSR count). The fourth-order valence-corrected chi connectivity index (χ4v) is 2.59. The van der Waals surface area contributed by atoms with E-state index < -0.39 is 11.7 Å². The molecule has 104 valence electrons. The van der Waals surface area contributed by atoms with E-state index in [9.17, 15) is 18.0 Å². The monoisotopic (exact) mass is 317 g/mol. The summed E-state index contributed by atoms with van der Waals surface area (Å²) < 4.78 is 37.2. The average Bonchev–Trinajstić information content (AvgIpc) is 2.40. The molecule has 0 aliphatic carbocycles. The number of benzene rings is 1. The number of aldehydes is 1. The van der Waals surface area contributed by atoms with Gasteiger partial charge >= 0.3 is 6.18 Å². The summed E-state index contributed by atoms with van der Waals surface area (Å²) in [6.07, 6.45) is -3.04. The van der Waals surface area contributed by atoms with E-state index >= 15 is 0 Å². The molecule has 0 unspecified atom stereocenters. The van der Waals surface area contributed by atoms with Gasteiger partial charge in [0.2, 0.25) is 0 Å². The summed E-state index contributed by atoms with van der Waals surface area (Å²) in [4.78, 5) is 15.1. The van der Waals surface area contributed by atoms with Crippen molar-refractivity contribution in [1.82, 2.24) is 4.98 Å². The van der Waals surface area contributed by atoms with E-state index in [4.69, 9.17) is 11.6 Å². The molecule has 2 nitrogen and oxygen atoms in total. The van der Waals surface area contributed by atoms with Crippen LogP contribution in [0, 0.1) is 0 Å². The molecule has 0 spiro atoms. The topological polar surface area (TPSA) is 30.0 Å². The Kier molecular flexibility index (Phi) is 4.35. The molecular weight excluding hydrogens is 311 g/mol. The highest BCUT2D eigenvalue weighted by molar-refractivity contribution is 7.99. The summed E-state index contributed by atoms with van der Waals surface area (Å²) in [5, 5.41) is 0.676. The Labute approximate surface area is 122 Å². The third kappa shape index (κ3) is 3.32. The highest BCUT2D eigenvalue weighted by atomic mass is 35.5. The fourth-order valence-electron chi connectivity index (χ4n) is 1.44. The van der Waals surface area contributed by atoms with Gasteiger partial charge in [0.1, 0.15) is 5.03 Å². The van der Waals surface area contributed by atoms with Gasteiger partial charge in [-0.25, -0.2) is 4.98 Å². The van der Waals surface area contributed by atoms with Gasteiger partial charge < -0.3 is 0 Å². The maximum absolute atomic E-state index is 12.4. The van der Waals surface area contributed by atoms with Gasteiger partial charge in [0.25, 0.3) is 0 Å². The lowest BCUT2D eigenvalue weighted by atomic mass is 10.2. The Morgan fingerprint density at radius 1 is 1.20 bits per heavy atom. The SMILES string of the molecule is O=Cc1cccc(Cl)c1Sc1ccc(C(F)(F)F)cn1. The van der Waals surface area contributed by atoms with Crippen LogP contribution in [0.5, 0.6) is 0 Å². The molecule has 0 fully saturated rings. The zero-order chi connectivity index (χ0) is 14.8. The number of alkyl halides is 3. The molecule has 1 aromatic heterocycles. The Hall–Kier alpha value is -1.53. The van der Waals surface area contributed by atoms with E-state index in [1.54, 1.807) is 18.2 Å². The number of nitrogens with zero attached hydrogens (tertiary/aromatic N) is 1. The molecule has 0 saturated carbocycles. The van der Waals surface area contributed by atoms with Crippen molar-refractivity contribution in [2.24, 2.45) is 0 Å². The van der Waals surface area contributed by atoms with E-state index in [1.165, 1.54) is 6.07 Å². The van der Waals surface area contributed by atoms with Crippen LogP contribution in [0.15, 0.2) is 46.5 Å². The molecule has 0 N–H and O–H groups in total. The number of carbonyl (C=O) groups is 1. The van der Waals surface area contributed by atoms with Crippen LogP contribution in [-0.2, 0) is 6.18 Å². The molecule has 0 bridgehead atoms. The van der Waals surface area contributed by atoms with Crippen molar-refractivity contribution in [3.63, 3.8) is 0 Å². The summed E-state index contributed by atoms with van der Waals surface area (Å²) in [6.45, 7) is 0. The summed E-state index contributed by atoms with van der Waals surface area (Å²) >= 11 is 7.02. The number of rotatable bonds is 3. The van der Waals surface area contributed by atoms with Crippen molar-refractivity contribution >= 4 is 29.6 Å². The van der Waals surface area contributed by atoms with Crippen LogP contribution in [0.4, 0.5) is 13.2 Å². The third-order valence-electron chi connectivity index (χ3n) is 2.39. The van der Waals surface area contributed by atoms with Crippen LogP contribution >= 0.6 is 23.4 Å². The van der Waals surface area contributed by atoms with Crippen LogP contribution in [0.25, 0.3) is 0 Å². The third-order valence-corrected chi connectivity index (χ3v) is 3.93. The van der Waals surface area contributed by atoms with Gasteiger partial charge in [0, 0.05) is 16.7 Å². The lowest BCUT2D eigenvalue weighted by Gasteiger charge is -2.08. The second-order valence-electron chi connectivity index (χ2n) is 3.76. The van der Waals surface area contributed by atoms with Crippen molar-refractivity contribution in [3.8, 4) is 0 Å². The first-order chi connectivity index (χ1) is 9.41. The van der Waals surface area contributed by atoms with Gasteiger partial charge in [0.15, 0.2) is 6.29 Å². The van der Waals surface area contributed by atoms with Crippen LogP contribution in [0.2, 0.25) is 5.02 Å². The second-order valence-corrected chi connectivity index (χ2v) is 5.20. The lowest BCUT2D eigenvalue weighted by Crippen LogP contribution is -2.05. The van der Waals surface area contributed by atoms with E-state index in [-0.39, 0.29) is 0 Å². The molecule has 0 radical (unpaired) electrons. The molecule has 20 heavy (non-hydrogen) atoms. The summed E-state index contributed by atoms with van der Waals surface area (Å²) in [6, 6.07) is 6.97. The molecular formula is C13H7ClF3NOS. The van der Waals surface area contributed by atoms with Crippen LogP contribution in [0.3, 0.4) is 0 Å². The van der Waals surface area contributed by atoms with E-state index in [0.717, 1.165) is 24.0 Å².